The number of aliphatic carboxylic acids is 1. The summed E-state index contributed by atoms with van der Waals surface area (Å²) in [4.78, 5) is 13.8. The average molecular weight is 360 g/mol. The normalized spacial score (nSPS) is 20.3. The van der Waals surface area contributed by atoms with Gasteiger partial charge in [0.1, 0.15) is 5.54 Å². The zero-order valence-electron chi connectivity index (χ0n) is 10.3. The molecule has 4 nitrogen and oxygen atoms in total. The van der Waals surface area contributed by atoms with Crippen molar-refractivity contribution >= 4 is 28.6 Å². The Morgan fingerprint density at radius 1 is 1.33 bits per heavy atom. The molecule has 1 saturated heterocycles. The fourth-order valence-electron chi connectivity index (χ4n) is 2.33. The first-order chi connectivity index (χ1) is 8.55. The van der Waals surface area contributed by atoms with Crippen molar-refractivity contribution in [1.82, 2.24) is 10.2 Å². The molecule has 1 heterocycles. The van der Waals surface area contributed by atoms with Crippen LogP contribution < -0.4 is 5.32 Å². The van der Waals surface area contributed by atoms with Gasteiger partial charge in [-0.2, -0.15) is 0 Å². The van der Waals surface area contributed by atoms with Gasteiger partial charge in [0.05, 0.1) is 0 Å². The fraction of sp³-hybridized carbons (Fsp3) is 0.462. The van der Waals surface area contributed by atoms with E-state index in [-0.39, 0.29) is 0 Å². The highest BCUT2D eigenvalue weighted by molar-refractivity contribution is 14.1. The predicted molar refractivity (Wildman–Crippen MR) is 78.6 cm³/mol. The summed E-state index contributed by atoms with van der Waals surface area (Å²) < 4.78 is 1.12. The molecule has 0 saturated carbocycles. The first kappa shape index (κ1) is 13.8. The summed E-state index contributed by atoms with van der Waals surface area (Å²) in [5, 5.41) is 12.9. The molecular weight excluding hydrogens is 343 g/mol. The van der Waals surface area contributed by atoms with Gasteiger partial charge >= 0.3 is 5.97 Å². The Balaban J connectivity index is 2.36. The van der Waals surface area contributed by atoms with E-state index in [1.54, 1.807) is 6.92 Å². The Bertz CT molecular complexity index is 429. The lowest BCUT2D eigenvalue weighted by Gasteiger charge is -2.40. The highest BCUT2D eigenvalue weighted by Gasteiger charge is 2.41. The molecule has 1 unspecified atom stereocenters. The van der Waals surface area contributed by atoms with Gasteiger partial charge in [-0.25, -0.2) is 4.79 Å². The van der Waals surface area contributed by atoms with Crippen molar-refractivity contribution in [3.63, 3.8) is 0 Å². The maximum atomic E-state index is 11.7. The lowest BCUT2D eigenvalue weighted by Crippen LogP contribution is -2.56. The molecule has 1 aromatic carbocycles. The SMILES string of the molecule is CC(C(=O)O)(c1ccc(I)cc1)N1CCNCC1. The first-order valence-electron chi connectivity index (χ1n) is 6.00. The molecule has 0 radical (unpaired) electrons. The summed E-state index contributed by atoms with van der Waals surface area (Å²) in [6.45, 7) is 4.99. The number of hydrogen-bond acceptors (Lipinski definition) is 3. The van der Waals surface area contributed by atoms with Crippen LogP contribution in [0.25, 0.3) is 0 Å². The molecule has 1 aliphatic rings. The molecule has 0 aromatic heterocycles. The van der Waals surface area contributed by atoms with E-state index in [1.165, 1.54) is 0 Å². The Morgan fingerprint density at radius 3 is 2.39 bits per heavy atom. The van der Waals surface area contributed by atoms with Gasteiger partial charge in [-0.1, -0.05) is 12.1 Å². The van der Waals surface area contributed by atoms with Crippen LogP contribution in [0, 0.1) is 3.57 Å². The van der Waals surface area contributed by atoms with E-state index >= 15 is 0 Å². The lowest BCUT2D eigenvalue weighted by atomic mass is 9.89. The molecule has 0 spiro atoms. The van der Waals surface area contributed by atoms with Crippen LogP contribution in [-0.4, -0.2) is 42.2 Å². The summed E-state index contributed by atoms with van der Waals surface area (Å²) in [5.41, 5.74) is -0.0933. The number of benzene rings is 1. The zero-order valence-corrected chi connectivity index (χ0v) is 12.5. The van der Waals surface area contributed by atoms with Crippen molar-refractivity contribution < 1.29 is 9.90 Å². The number of rotatable bonds is 3. The van der Waals surface area contributed by atoms with E-state index < -0.39 is 11.5 Å². The van der Waals surface area contributed by atoms with Crippen LogP contribution in [0.3, 0.4) is 0 Å². The number of hydrogen-bond donors (Lipinski definition) is 2. The quantitative estimate of drug-likeness (QED) is 0.803. The standard InChI is InChI=1S/C13H17IN2O2/c1-13(12(17)18,16-8-6-15-7-9-16)10-2-4-11(14)5-3-10/h2-5,15H,6-9H2,1H3,(H,17,18). The van der Waals surface area contributed by atoms with E-state index in [1.807, 2.05) is 29.2 Å². The molecule has 5 heteroatoms. The molecule has 0 aliphatic carbocycles. The van der Waals surface area contributed by atoms with Crippen LogP contribution in [0.4, 0.5) is 0 Å². The molecule has 1 aromatic rings. The largest absolute Gasteiger partial charge is 0.480 e. The number of nitrogens with zero attached hydrogens (tertiary/aromatic N) is 1. The molecule has 98 valence electrons. The van der Waals surface area contributed by atoms with Gasteiger partial charge in [-0.15, -0.1) is 0 Å². The number of piperazine rings is 1. The van der Waals surface area contributed by atoms with E-state index in [4.69, 9.17) is 0 Å². The third-order valence-corrected chi connectivity index (χ3v) is 4.29. The Morgan fingerprint density at radius 2 is 1.89 bits per heavy atom. The van der Waals surface area contributed by atoms with Crippen molar-refractivity contribution in [3.05, 3.63) is 33.4 Å². The van der Waals surface area contributed by atoms with Crippen LogP contribution in [0.1, 0.15) is 12.5 Å². The van der Waals surface area contributed by atoms with E-state index in [2.05, 4.69) is 27.9 Å². The number of carbonyl (C=O) groups is 1. The van der Waals surface area contributed by atoms with Gasteiger partial charge in [0.2, 0.25) is 0 Å². The average Bonchev–Trinajstić information content (AvgIpc) is 2.39. The van der Waals surface area contributed by atoms with E-state index in [9.17, 15) is 9.90 Å². The second kappa shape index (κ2) is 5.54. The number of carboxylic acid groups (broad SMARTS) is 1. The topological polar surface area (TPSA) is 52.6 Å². The minimum absolute atomic E-state index is 0.759. The molecule has 1 aliphatic heterocycles. The van der Waals surface area contributed by atoms with Gasteiger partial charge in [-0.3, -0.25) is 4.90 Å². The third kappa shape index (κ3) is 2.53. The summed E-state index contributed by atoms with van der Waals surface area (Å²) >= 11 is 2.23. The van der Waals surface area contributed by atoms with Crippen LogP contribution >= 0.6 is 22.6 Å². The Labute approximate surface area is 121 Å². The van der Waals surface area contributed by atoms with Crippen LogP contribution in [0.2, 0.25) is 0 Å². The van der Waals surface area contributed by atoms with Gasteiger partial charge < -0.3 is 10.4 Å². The maximum absolute atomic E-state index is 11.7. The minimum Gasteiger partial charge on any atom is -0.480 e. The summed E-state index contributed by atoms with van der Waals surface area (Å²) in [6, 6.07) is 7.74. The Kier molecular flexibility index (Phi) is 4.24. The molecule has 0 amide bonds. The fourth-order valence-corrected chi connectivity index (χ4v) is 2.69. The summed E-state index contributed by atoms with van der Waals surface area (Å²) in [7, 11) is 0. The molecule has 2 rings (SSSR count). The maximum Gasteiger partial charge on any atom is 0.328 e. The van der Waals surface area contributed by atoms with Crippen LogP contribution in [0.15, 0.2) is 24.3 Å². The predicted octanol–water partition coefficient (Wildman–Crippen LogP) is 1.50. The Hall–Kier alpha value is -0.660. The number of nitrogens with one attached hydrogen (secondary N) is 1. The second-order valence-corrected chi connectivity index (χ2v) is 5.87. The van der Waals surface area contributed by atoms with Gasteiger partial charge in [0.25, 0.3) is 0 Å². The molecule has 1 atom stereocenters. The monoisotopic (exact) mass is 360 g/mol. The van der Waals surface area contributed by atoms with Gasteiger partial charge in [0.15, 0.2) is 0 Å². The van der Waals surface area contributed by atoms with E-state index in [0.29, 0.717) is 0 Å². The van der Waals surface area contributed by atoms with Gasteiger partial charge in [-0.05, 0) is 47.2 Å². The highest BCUT2D eigenvalue weighted by atomic mass is 127. The second-order valence-electron chi connectivity index (χ2n) is 4.62. The first-order valence-corrected chi connectivity index (χ1v) is 7.08. The van der Waals surface area contributed by atoms with Crippen molar-refractivity contribution in [2.24, 2.45) is 0 Å². The molecule has 2 N–H and O–H groups in total. The highest BCUT2D eigenvalue weighted by Crippen LogP contribution is 2.29. The number of halogens is 1. The van der Waals surface area contributed by atoms with E-state index in [0.717, 1.165) is 35.3 Å². The summed E-state index contributed by atoms with van der Waals surface area (Å²) in [6.07, 6.45) is 0. The van der Waals surface area contributed by atoms with Crippen molar-refractivity contribution in [1.29, 1.82) is 0 Å². The molecule has 0 bridgehead atoms. The van der Waals surface area contributed by atoms with Crippen LogP contribution in [-0.2, 0) is 10.3 Å². The van der Waals surface area contributed by atoms with Crippen molar-refractivity contribution in [2.45, 2.75) is 12.5 Å². The number of carboxylic acids is 1. The summed E-state index contributed by atoms with van der Waals surface area (Å²) in [5.74, 6) is -0.786. The zero-order chi connectivity index (χ0) is 13.2. The van der Waals surface area contributed by atoms with Crippen LogP contribution in [0.5, 0.6) is 0 Å². The van der Waals surface area contributed by atoms with Gasteiger partial charge in [0, 0.05) is 29.7 Å². The molecular formula is C13H17IN2O2. The molecule has 1 fully saturated rings. The van der Waals surface area contributed by atoms with Crippen molar-refractivity contribution in [3.8, 4) is 0 Å². The third-order valence-electron chi connectivity index (χ3n) is 3.57. The minimum atomic E-state index is -0.938. The van der Waals surface area contributed by atoms with Crippen molar-refractivity contribution in [2.75, 3.05) is 26.2 Å². The lowest BCUT2D eigenvalue weighted by molar-refractivity contribution is -0.151. The smallest absolute Gasteiger partial charge is 0.328 e. The molecule has 18 heavy (non-hydrogen) atoms.